The molecule has 2 aliphatic carbocycles. The Balaban J connectivity index is 1.15. The van der Waals surface area contributed by atoms with Gasteiger partial charge in [-0.25, -0.2) is 0 Å². The van der Waals surface area contributed by atoms with Crippen LogP contribution in [0.3, 0.4) is 0 Å². The van der Waals surface area contributed by atoms with E-state index in [-0.39, 0.29) is 0 Å². The number of benzene rings is 9. The van der Waals surface area contributed by atoms with Gasteiger partial charge >= 0.3 is 0 Å². The number of ether oxygens (including phenoxy) is 1. The predicted octanol–water partition coefficient (Wildman–Crippen LogP) is 13.3. The summed E-state index contributed by atoms with van der Waals surface area (Å²) in [7, 11) is 0. The van der Waals surface area contributed by atoms with Gasteiger partial charge in [-0.05, 0) is 102 Å². The van der Waals surface area contributed by atoms with Crippen molar-refractivity contribution in [1.82, 2.24) is 0 Å². The molecule has 1 spiro atoms. The summed E-state index contributed by atoms with van der Waals surface area (Å²) >= 11 is 0. The highest BCUT2D eigenvalue weighted by Gasteiger charge is 2.52. The molecule has 1 heterocycles. The first-order valence-corrected chi connectivity index (χ1v) is 19.2. The van der Waals surface area contributed by atoms with Gasteiger partial charge in [0, 0.05) is 11.1 Å². The molecule has 0 amide bonds. The summed E-state index contributed by atoms with van der Waals surface area (Å²) in [4.78, 5) is 0. The Labute approximate surface area is 320 Å². The van der Waals surface area contributed by atoms with Crippen LogP contribution < -0.4 is 4.74 Å². The van der Waals surface area contributed by atoms with Crippen molar-refractivity contribution < 1.29 is 4.74 Å². The van der Waals surface area contributed by atoms with Crippen molar-refractivity contribution in [3.63, 3.8) is 0 Å². The second-order valence-corrected chi connectivity index (χ2v) is 15.1. The number of hydrogen-bond acceptors (Lipinski definition) is 1. The highest BCUT2D eigenvalue weighted by molar-refractivity contribution is 6.04. The summed E-state index contributed by atoms with van der Waals surface area (Å²) in [6.07, 6.45) is 0. The maximum absolute atomic E-state index is 6.78. The summed E-state index contributed by atoms with van der Waals surface area (Å²) < 4.78 is 6.78. The van der Waals surface area contributed by atoms with Gasteiger partial charge in [-0.1, -0.05) is 182 Å². The number of fused-ring (bicyclic) bond motifs is 14. The van der Waals surface area contributed by atoms with Crippen LogP contribution in [0.5, 0.6) is 11.5 Å². The van der Waals surface area contributed by atoms with E-state index in [1.54, 1.807) is 0 Å². The van der Waals surface area contributed by atoms with Crippen LogP contribution in [0.4, 0.5) is 0 Å². The van der Waals surface area contributed by atoms with Crippen LogP contribution in [-0.2, 0) is 10.8 Å². The molecule has 9 aromatic rings. The fraction of sp³-hybridized carbons (Fsp3) is 0.0370. The van der Waals surface area contributed by atoms with Crippen molar-refractivity contribution in [2.45, 2.75) is 10.8 Å². The molecule has 0 bridgehead atoms. The van der Waals surface area contributed by atoms with Gasteiger partial charge in [0.1, 0.15) is 11.5 Å². The predicted molar refractivity (Wildman–Crippen MR) is 224 cm³/mol. The smallest absolute Gasteiger partial charge is 0.132 e. The van der Waals surface area contributed by atoms with Crippen LogP contribution in [0.1, 0.15) is 44.5 Å². The van der Waals surface area contributed by atoms with Gasteiger partial charge in [0.15, 0.2) is 0 Å². The first-order valence-electron chi connectivity index (χ1n) is 19.2. The summed E-state index contributed by atoms with van der Waals surface area (Å²) in [6.45, 7) is 0. The number of para-hydroxylation sites is 1. The van der Waals surface area contributed by atoms with E-state index in [0.29, 0.717) is 0 Å². The highest BCUT2D eigenvalue weighted by Crippen LogP contribution is 2.64. The fourth-order valence-electron chi connectivity index (χ4n) is 10.5. The molecule has 0 radical (unpaired) electrons. The van der Waals surface area contributed by atoms with Crippen molar-refractivity contribution >= 4 is 10.8 Å². The van der Waals surface area contributed by atoms with Gasteiger partial charge in [0.25, 0.3) is 0 Å². The lowest BCUT2D eigenvalue weighted by Crippen LogP contribution is -2.34. The van der Waals surface area contributed by atoms with Crippen molar-refractivity contribution in [2.24, 2.45) is 0 Å². The molecule has 0 unspecified atom stereocenters. The van der Waals surface area contributed by atoms with Crippen LogP contribution in [0.15, 0.2) is 206 Å². The normalized spacial score (nSPS) is 14.6. The van der Waals surface area contributed by atoms with E-state index in [1.807, 2.05) is 0 Å². The minimum atomic E-state index is -0.584. The molecule has 0 atom stereocenters. The lowest BCUT2D eigenvalue weighted by atomic mass is 9.63. The Bertz CT molecular complexity index is 2930. The molecule has 256 valence electrons. The molecule has 55 heavy (non-hydrogen) atoms. The van der Waals surface area contributed by atoms with Crippen molar-refractivity contribution in [3.05, 3.63) is 251 Å². The number of hydrogen-bond donors (Lipinski definition) is 0. The summed E-state index contributed by atoms with van der Waals surface area (Å²) in [5.74, 6) is 1.77. The van der Waals surface area contributed by atoms with E-state index in [2.05, 4.69) is 206 Å². The maximum Gasteiger partial charge on any atom is 0.132 e. The zero-order valence-electron chi connectivity index (χ0n) is 30.0. The summed E-state index contributed by atoms with van der Waals surface area (Å²) in [5.41, 5.74) is 16.7. The Morgan fingerprint density at radius 1 is 0.309 bits per heavy atom. The van der Waals surface area contributed by atoms with Crippen LogP contribution in [0.2, 0.25) is 0 Å². The summed E-state index contributed by atoms with van der Waals surface area (Å²) in [6, 6.07) is 76.2. The third-order valence-corrected chi connectivity index (χ3v) is 12.6. The molecule has 0 saturated heterocycles. The van der Waals surface area contributed by atoms with E-state index in [1.165, 1.54) is 72.0 Å². The van der Waals surface area contributed by atoms with Crippen molar-refractivity contribution in [3.8, 4) is 44.9 Å². The Hall–Kier alpha value is -6.96. The van der Waals surface area contributed by atoms with E-state index in [4.69, 9.17) is 4.74 Å². The van der Waals surface area contributed by atoms with Gasteiger partial charge < -0.3 is 4.74 Å². The second-order valence-electron chi connectivity index (χ2n) is 15.1. The highest BCUT2D eigenvalue weighted by atomic mass is 16.5. The van der Waals surface area contributed by atoms with E-state index in [9.17, 15) is 0 Å². The molecule has 1 aliphatic heterocycles. The third kappa shape index (κ3) is 3.92. The zero-order valence-corrected chi connectivity index (χ0v) is 30.0. The van der Waals surface area contributed by atoms with Crippen LogP contribution in [0, 0.1) is 0 Å². The molecule has 1 nitrogen and oxygen atoms in total. The summed E-state index contributed by atoms with van der Waals surface area (Å²) in [5, 5.41) is 2.58. The monoisotopic (exact) mass is 698 g/mol. The van der Waals surface area contributed by atoms with Crippen LogP contribution in [-0.4, -0.2) is 0 Å². The molecule has 0 saturated carbocycles. The topological polar surface area (TPSA) is 9.23 Å². The molecule has 0 fully saturated rings. The van der Waals surface area contributed by atoms with Gasteiger partial charge in [0.2, 0.25) is 0 Å². The molecule has 9 aromatic carbocycles. The molecule has 0 N–H and O–H groups in total. The molecular formula is C54H34O. The average Bonchev–Trinajstić information content (AvgIpc) is 3.73. The third-order valence-electron chi connectivity index (χ3n) is 12.6. The van der Waals surface area contributed by atoms with E-state index in [0.717, 1.165) is 28.2 Å². The van der Waals surface area contributed by atoms with Gasteiger partial charge in [-0.3, -0.25) is 0 Å². The van der Waals surface area contributed by atoms with E-state index < -0.39 is 10.8 Å². The standard InChI is InChI=1S/C54H34O/c1-3-16-38(17-4-1)53(39-18-5-2-6-19-39)47-25-13-14-26-50(47)55-51-32-29-37(34-49(51)53)36-28-30-43-44-31-27-35-15-7-8-20-40(35)52(44)54(48(43)33-36)45-23-11-9-21-41(45)42-22-10-12-24-46(42)54/h1-34H. The SMILES string of the molecule is c1ccc(C2(c3ccccc3)c3ccccc3Oc3ccc(-c4ccc5c(c4)C4(c6ccccc6-c6ccccc64)c4c-5ccc5ccccc45)cc32)cc1. The molecule has 1 heteroatoms. The average molecular weight is 699 g/mol. The molecule has 3 aliphatic rings. The maximum atomic E-state index is 6.78. The minimum Gasteiger partial charge on any atom is -0.457 e. The lowest BCUT2D eigenvalue weighted by molar-refractivity contribution is 0.434. The van der Waals surface area contributed by atoms with Crippen molar-refractivity contribution in [2.75, 3.05) is 0 Å². The first-order chi connectivity index (χ1) is 27.3. The van der Waals surface area contributed by atoms with Gasteiger partial charge in [-0.2, -0.15) is 0 Å². The zero-order chi connectivity index (χ0) is 36.1. The lowest BCUT2D eigenvalue weighted by Gasteiger charge is -2.41. The number of rotatable bonds is 3. The largest absolute Gasteiger partial charge is 0.457 e. The minimum absolute atomic E-state index is 0.456. The first kappa shape index (κ1) is 30.5. The fourth-order valence-corrected chi connectivity index (χ4v) is 10.5. The van der Waals surface area contributed by atoms with Crippen molar-refractivity contribution in [1.29, 1.82) is 0 Å². The Morgan fingerprint density at radius 2 is 0.818 bits per heavy atom. The van der Waals surface area contributed by atoms with Gasteiger partial charge in [-0.15, -0.1) is 0 Å². The van der Waals surface area contributed by atoms with Gasteiger partial charge in [0.05, 0.1) is 10.8 Å². The Morgan fingerprint density at radius 3 is 1.53 bits per heavy atom. The molecular weight excluding hydrogens is 665 g/mol. The second kappa shape index (κ2) is 11.3. The molecule has 12 rings (SSSR count). The van der Waals surface area contributed by atoms with Crippen LogP contribution in [0.25, 0.3) is 44.2 Å². The van der Waals surface area contributed by atoms with E-state index >= 15 is 0 Å². The quantitative estimate of drug-likeness (QED) is 0.178. The molecule has 0 aromatic heterocycles. The van der Waals surface area contributed by atoms with Crippen LogP contribution >= 0.6 is 0 Å². The Kier molecular flexibility index (Phi) is 6.25.